The second-order valence-electron chi connectivity index (χ2n) is 9.23. The maximum atomic E-state index is 13.3. The monoisotopic (exact) mass is 458 g/mol. The average molecular weight is 459 g/mol. The van der Waals surface area contributed by atoms with E-state index in [1.165, 1.54) is 23.2 Å². The molecule has 0 aliphatic carbocycles. The van der Waals surface area contributed by atoms with E-state index in [-0.39, 0.29) is 30.7 Å². The predicted molar refractivity (Wildman–Crippen MR) is 124 cm³/mol. The summed E-state index contributed by atoms with van der Waals surface area (Å²) in [6, 6.07) is 5.81. The van der Waals surface area contributed by atoms with E-state index >= 15 is 0 Å². The Morgan fingerprint density at radius 2 is 2.00 bits per heavy atom. The predicted octanol–water partition coefficient (Wildman–Crippen LogP) is 2.57. The number of aryl methyl sites for hydroxylation is 1. The molecule has 8 nitrogen and oxygen atoms in total. The van der Waals surface area contributed by atoms with Crippen LogP contribution in [0, 0.1) is 12.3 Å². The van der Waals surface area contributed by atoms with E-state index in [0.717, 1.165) is 16.1 Å². The second kappa shape index (κ2) is 9.38. The van der Waals surface area contributed by atoms with Crippen molar-refractivity contribution in [3.05, 3.63) is 35.5 Å². The third-order valence-corrected chi connectivity index (χ3v) is 6.44. The van der Waals surface area contributed by atoms with Crippen molar-refractivity contribution in [3.63, 3.8) is 0 Å². The molecule has 1 saturated heterocycles. The number of carbonyl (C=O) groups excluding carboxylic acids is 3. The van der Waals surface area contributed by atoms with Gasteiger partial charge in [-0.15, -0.1) is 11.3 Å². The van der Waals surface area contributed by atoms with Gasteiger partial charge in [-0.1, -0.05) is 32.9 Å². The van der Waals surface area contributed by atoms with Crippen molar-refractivity contribution in [1.82, 2.24) is 15.2 Å². The van der Waals surface area contributed by atoms with Gasteiger partial charge in [-0.3, -0.25) is 14.4 Å². The van der Waals surface area contributed by atoms with E-state index in [4.69, 9.17) is 0 Å². The number of hydrogen-bond acceptors (Lipinski definition) is 6. The number of hydrogen-bond donors (Lipinski definition) is 3. The summed E-state index contributed by atoms with van der Waals surface area (Å²) < 4.78 is 0. The molecule has 1 aliphatic heterocycles. The summed E-state index contributed by atoms with van der Waals surface area (Å²) in [5, 5.41) is 15.8. The summed E-state index contributed by atoms with van der Waals surface area (Å²) in [6.07, 6.45) is -0.666. The van der Waals surface area contributed by atoms with Crippen molar-refractivity contribution >= 4 is 34.7 Å². The number of benzene rings is 1. The van der Waals surface area contributed by atoms with Crippen LogP contribution >= 0.6 is 11.3 Å². The fourth-order valence-electron chi connectivity index (χ4n) is 3.87. The number of β-amino-alcohol motifs (C(OH)–C–C–N with tert-alkyl or cyclic N) is 1. The van der Waals surface area contributed by atoms with Gasteiger partial charge in [0.2, 0.25) is 17.7 Å². The zero-order valence-corrected chi connectivity index (χ0v) is 19.8. The van der Waals surface area contributed by atoms with Crippen molar-refractivity contribution < 1.29 is 19.5 Å². The van der Waals surface area contributed by atoms with Gasteiger partial charge in [0.15, 0.2) is 0 Å². The molecule has 3 atom stereocenters. The van der Waals surface area contributed by atoms with Gasteiger partial charge >= 0.3 is 0 Å². The Morgan fingerprint density at radius 1 is 1.28 bits per heavy atom. The highest BCUT2D eigenvalue weighted by atomic mass is 32.1. The first kappa shape index (κ1) is 23.9. The standard InChI is InChI=1S/C23H30N4O4S/c1-13-19(32-12-24-13)15-7-6-8-16(9-15)26-21(30)18-10-17(29)11-27(18)22(31)20(23(3,4)5)25-14(2)28/h6-9,12,17-18,20,29H,10-11H2,1-5H3,(H,25,28)(H,26,30)/t17-,18+,20-/m1/s1. The molecule has 1 aromatic heterocycles. The minimum Gasteiger partial charge on any atom is -0.391 e. The lowest BCUT2D eigenvalue weighted by Gasteiger charge is -2.35. The quantitative estimate of drug-likeness (QED) is 0.638. The molecule has 1 aromatic carbocycles. The molecule has 9 heteroatoms. The number of amides is 3. The normalized spacial score (nSPS) is 19.5. The van der Waals surface area contributed by atoms with Crippen LogP contribution in [0.5, 0.6) is 0 Å². The van der Waals surface area contributed by atoms with Crippen LogP contribution < -0.4 is 10.6 Å². The number of anilines is 1. The Morgan fingerprint density at radius 3 is 2.59 bits per heavy atom. The van der Waals surface area contributed by atoms with E-state index in [0.29, 0.717) is 5.69 Å². The number of rotatable bonds is 5. The first-order chi connectivity index (χ1) is 15.0. The van der Waals surface area contributed by atoms with E-state index in [1.807, 2.05) is 45.9 Å². The number of thiazole rings is 1. The summed E-state index contributed by atoms with van der Waals surface area (Å²) in [5.41, 5.74) is 3.68. The molecular weight excluding hydrogens is 428 g/mol. The number of carbonyl (C=O) groups is 3. The van der Waals surface area contributed by atoms with Gasteiger partial charge in [-0.25, -0.2) is 4.98 Å². The average Bonchev–Trinajstić information content (AvgIpc) is 3.30. The van der Waals surface area contributed by atoms with Gasteiger partial charge in [0, 0.05) is 25.6 Å². The molecule has 1 aliphatic rings. The van der Waals surface area contributed by atoms with E-state index in [2.05, 4.69) is 15.6 Å². The summed E-state index contributed by atoms with van der Waals surface area (Å²) in [4.78, 5) is 44.8. The van der Waals surface area contributed by atoms with Crippen LogP contribution in [0.2, 0.25) is 0 Å². The van der Waals surface area contributed by atoms with Crippen LogP contribution in [-0.2, 0) is 14.4 Å². The molecule has 0 spiro atoms. The van der Waals surface area contributed by atoms with Gasteiger partial charge < -0.3 is 20.6 Å². The third-order valence-electron chi connectivity index (χ3n) is 5.46. The first-order valence-corrected chi connectivity index (χ1v) is 11.4. The van der Waals surface area contributed by atoms with Crippen molar-refractivity contribution in [3.8, 4) is 10.4 Å². The highest BCUT2D eigenvalue weighted by Crippen LogP contribution is 2.30. The molecule has 0 radical (unpaired) electrons. The molecule has 0 unspecified atom stereocenters. The fraction of sp³-hybridized carbons (Fsp3) is 0.478. The Labute approximate surface area is 192 Å². The Balaban J connectivity index is 1.80. The van der Waals surface area contributed by atoms with Crippen LogP contribution in [0.1, 0.15) is 39.8 Å². The zero-order valence-electron chi connectivity index (χ0n) is 19.0. The molecule has 0 saturated carbocycles. The van der Waals surface area contributed by atoms with E-state index in [9.17, 15) is 19.5 Å². The summed E-state index contributed by atoms with van der Waals surface area (Å²) >= 11 is 1.53. The minimum atomic E-state index is -0.829. The van der Waals surface area contributed by atoms with Crippen LogP contribution in [0.15, 0.2) is 29.8 Å². The molecule has 32 heavy (non-hydrogen) atoms. The Bertz CT molecular complexity index is 1010. The van der Waals surface area contributed by atoms with E-state index < -0.39 is 23.6 Å². The first-order valence-electron chi connectivity index (χ1n) is 10.5. The largest absolute Gasteiger partial charge is 0.391 e. The van der Waals surface area contributed by atoms with Gasteiger partial charge in [0.25, 0.3) is 0 Å². The molecule has 3 rings (SSSR count). The van der Waals surface area contributed by atoms with Gasteiger partial charge in [-0.05, 0) is 30.0 Å². The number of likely N-dealkylation sites (tertiary alicyclic amines) is 1. The second-order valence-corrected chi connectivity index (χ2v) is 10.1. The van der Waals surface area contributed by atoms with Crippen LogP contribution in [0.4, 0.5) is 5.69 Å². The minimum absolute atomic E-state index is 0.0448. The summed E-state index contributed by atoms with van der Waals surface area (Å²) in [7, 11) is 0. The fourth-order valence-corrected chi connectivity index (χ4v) is 4.67. The van der Waals surface area contributed by atoms with Gasteiger partial charge in [0.05, 0.1) is 22.2 Å². The Kier molecular flexibility index (Phi) is 7.00. The maximum Gasteiger partial charge on any atom is 0.247 e. The number of aromatic nitrogens is 1. The zero-order chi connectivity index (χ0) is 23.6. The topological polar surface area (TPSA) is 112 Å². The molecule has 1 fully saturated rings. The molecular formula is C23H30N4O4S. The number of nitrogens with one attached hydrogen (secondary N) is 2. The molecule has 3 N–H and O–H groups in total. The highest BCUT2D eigenvalue weighted by molar-refractivity contribution is 7.13. The molecule has 172 valence electrons. The van der Waals surface area contributed by atoms with E-state index in [1.54, 1.807) is 11.6 Å². The lowest BCUT2D eigenvalue weighted by Crippen LogP contribution is -2.57. The number of aliphatic hydroxyl groups excluding tert-OH is 1. The van der Waals surface area contributed by atoms with Crippen LogP contribution in [-0.4, -0.2) is 57.4 Å². The third kappa shape index (κ3) is 5.34. The smallest absolute Gasteiger partial charge is 0.247 e. The highest BCUT2D eigenvalue weighted by Gasteiger charge is 2.44. The van der Waals surface area contributed by atoms with Crippen molar-refractivity contribution in [1.29, 1.82) is 0 Å². The molecule has 0 bridgehead atoms. The lowest BCUT2D eigenvalue weighted by molar-refractivity contribution is -0.142. The van der Waals surface area contributed by atoms with Crippen molar-refractivity contribution in [2.75, 3.05) is 11.9 Å². The molecule has 2 aromatic rings. The summed E-state index contributed by atoms with van der Waals surface area (Å²) in [5.74, 6) is -1.07. The maximum absolute atomic E-state index is 13.3. The summed E-state index contributed by atoms with van der Waals surface area (Å²) in [6.45, 7) is 8.87. The van der Waals surface area contributed by atoms with Crippen molar-refractivity contribution in [2.24, 2.45) is 5.41 Å². The van der Waals surface area contributed by atoms with Gasteiger partial charge in [0.1, 0.15) is 12.1 Å². The molecule has 3 amide bonds. The van der Waals surface area contributed by atoms with Gasteiger partial charge in [-0.2, -0.15) is 0 Å². The van der Waals surface area contributed by atoms with Crippen LogP contribution in [0.3, 0.4) is 0 Å². The van der Waals surface area contributed by atoms with Crippen molar-refractivity contribution in [2.45, 2.75) is 59.2 Å². The number of aliphatic hydroxyl groups is 1. The van der Waals surface area contributed by atoms with Crippen LogP contribution in [0.25, 0.3) is 10.4 Å². The molecule has 2 heterocycles. The number of nitrogens with zero attached hydrogens (tertiary/aromatic N) is 2. The Hall–Kier alpha value is -2.78. The lowest BCUT2D eigenvalue weighted by atomic mass is 9.85. The SMILES string of the molecule is CC(=O)N[C@H](C(=O)N1C[C@H](O)C[C@H]1C(=O)Nc1cccc(-c2scnc2C)c1)C(C)(C)C.